The highest BCUT2D eigenvalue weighted by atomic mass is 32.1. The number of aromatic nitrogens is 1. The molecule has 2 heterocycles. The number of nitrogens with one attached hydrogen (secondary N) is 2. The van der Waals surface area contributed by atoms with Crippen molar-refractivity contribution in [2.45, 2.75) is 0 Å². The van der Waals surface area contributed by atoms with E-state index in [1.807, 2.05) is 4.90 Å². The van der Waals surface area contributed by atoms with Gasteiger partial charge in [0.2, 0.25) is 0 Å². The van der Waals surface area contributed by atoms with Gasteiger partial charge in [-0.25, -0.2) is 0 Å². The fourth-order valence-corrected chi connectivity index (χ4v) is 1.75. The summed E-state index contributed by atoms with van der Waals surface area (Å²) >= 11 is 5.17. The van der Waals surface area contributed by atoms with Crippen LogP contribution in [0.25, 0.3) is 0 Å². The lowest BCUT2D eigenvalue weighted by atomic mass is 10.3. The minimum absolute atomic E-state index is 0.314. The van der Waals surface area contributed by atoms with Crippen molar-refractivity contribution in [3.8, 4) is 0 Å². The lowest BCUT2D eigenvalue weighted by Crippen LogP contribution is -2.51. The van der Waals surface area contributed by atoms with Crippen LogP contribution in [0.4, 0.5) is 0 Å². The van der Waals surface area contributed by atoms with Gasteiger partial charge in [-0.15, -0.1) is 0 Å². The fourth-order valence-electron chi connectivity index (χ4n) is 1.52. The molecule has 7 heteroatoms. The predicted octanol–water partition coefficient (Wildman–Crippen LogP) is -0.0669. The zero-order chi connectivity index (χ0) is 12.8. The molecule has 0 unspecified atom stereocenters. The van der Waals surface area contributed by atoms with Gasteiger partial charge in [-0.3, -0.25) is 20.6 Å². The molecule has 6 nitrogen and oxygen atoms in total. The standard InChI is InChI=1S/C11H14N4O2S/c16-10(9-3-1-2-4-12-9)13-14-11(18)15-5-7-17-8-6-15/h1-4H,5-8H2,(H,13,16)(H,14,18). The number of nitrogens with zero attached hydrogens (tertiary/aromatic N) is 2. The second kappa shape index (κ2) is 6.27. The maximum atomic E-state index is 11.7. The van der Waals surface area contributed by atoms with E-state index in [9.17, 15) is 4.79 Å². The van der Waals surface area contributed by atoms with E-state index in [4.69, 9.17) is 17.0 Å². The van der Waals surface area contributed by atoms with Gasteiger partial charge in [-0.05, 0) is 24.4 Å². The average molecular weight is 266 g/mol. The number of amides is 1. The van der Waals surface area contributed by atoms with Crippen LogP contribution in [0, 0.1) is 0 Å². The normalized spacial score (nSPS) is 15.0. The maximum Gasteiger partial charge on any atom is 0.288 e. The zero-order valence-corrected chi connectivity index (χ0v) is 10.6. The molecule has 1 saturated heterocycles. The molecule has 1 amide bonds. The molecule has 0 spiro atoms. The fraction of sp³-hybridized carbons (Fsp3) is 0.364. The monoisotopic (exact) mass is 266 g/mol. The summed E-state index contributed by atoms with van der Waals surface area (Å²) in [5.41, 5.74) is 5.58. The van der Waals surface area contributed by atoms with Crippen molar-refractivity contribution >= 4 is 23.2 Å². The van der Waals surface area contributed by atoms with Gasteiger partial charge in [0.1, 0.15) is 5.69 Å². The van der Waals surface area contributed by atoms with E-state index >= 15 is 0 Å². The van der Waals surface area contributed by atoms with Gasteiger partial charge in [0.15, 0.2) is 5.11 Å². The number of rotatable bonds is 1. The number of morpholine rings is 1. The van der Waals surface area contributed by atoms with Gasteiger partial charge < -0.3 is 9.64 Å². The maximum absolute atomic E-state index is 11.7. The molecular weight excluding hydrogens is 252 g/mol. The molecule has 1 aliphatic rings. The lowest BCUT2D eigenvalue weighted by Gasteiger charge is -2.29. The Morgan fingerprint density at radius 3 is 2.78 bits per heavy atom. The van der Waals surface area contributed by atoms with Gasteiger partial charge in [0, 0.05) is 19.3 Å². The quantitative estimate of drug-likeness (QED) is 0.548. The van der Waals surface area contributed by atoms with Crippen molar-refractivity contribution in [3.63, 3.8) is 0 Å². The molecule has 0 radical (unpaired) electrons. The van der Waals surface area contributed by atoms with E-state index in [1.54, 1.807) is 24.4 Å². The van der Waals surface area contributed by atoms with Crippen molar-refractivity contribution in [1.82, 2.24) is 20.7 Å². The second-order valence-corrected chi connectivity index (χ2v) is 4.09. The molecule has 2 N–H and O–H groups in total. The smallest absolute Gasteiger partial charge is 0.288 e. The van der Waals surface area contributed by atoms with E-state index in [0.717, 1.165) is 13.1 Å². The van der Waals surface area contributed by atoms with E-state index in [1.165, 1.54) is 0 Å². The number of ether oxygens (including phenoxy) is 1. The molecule has 0 aromatic carbocycles. The molecule has 1 aromatic rings. The van der Waals surface area contributed by atoms with Gasteiger partial charge in [-0.1, -0.05) is 6.07 Å². The van der Waals surface area contributed by atoms with Crippen LogP contribution in [0.15, 0.2) is 24.4 Å². The zero-order valence-electron chi connectivity index (χ0n) is 9.76. The Bertz CT molecular complexity index is 420. The number of hydrazine groups is 1. The van der Waals surface area contributed by atoms with E-state index in [0.29, 0.717) is 24.0 Å². The number of pyridine rings is 1. The minimum Gasteiger partial charge on any atom is -0.378 e. The van der Waals surface area contributed by atoms with Gasteiger partial charge in [0.05, 0.1) is 13.2 Å². The van der Waals surface area contributed by atoms with Crippen molar-refractivity contribution < 1.29 is 9.53 Å². The first kappa shape index (κ1) is 12.7. The topological polar surface area (TPSA) is 66.5 Å². The van der Waals surface area contributed by atoms with Crippen LogP contribution in [-0.2, 0) is 4.74 Å². The molecular formula is C11H14N4O2S. The largest absolute Gasteiger partial charge is 0.378 e. The van der Waals surface area contributed by atoms with E-state index < -0.39 is 0 Å². The molecule has 0 bridgehead atoms. The molecule has 1 aliphatic heterocycles. The molecule has 96 valence electrons. The first-order valence-corrected chi connectivity index (χ1v) is 6.02. The van der Waals surface area contributed by atoms with Gasteiger partial charge in [-0.2, -0.15) is 0 Å². The Morgan fingerprint density at radius 1 is 1.33 bits per heavy atom. The van der Waals surface area contributed by atoms with Crippen molar-refractivity contribution in [3.05, 3.63) is 30.1 Å². The average Bonchev–Trinajstić information content (AvgIpc) is 2.46. The summed E-state index contributed by atoms with van der Waals surface area (Å²) in [7, 11) is 0. The Morgan fingerprint density at radius 2 is 2.11 bits per heavy atom. The summed E-state index contributed by atoms with van der Waals surface area (Å²) in [6, 6.07) is 5.14. The summed E-state index contributed by atoms with van der Waals surface area (Å²) in [4.78, 5) is 17.6. The molecule has 0 atom stereocenters. The molecule has 1 fully saturated rings. The summed E-state index contributed by atoms with van der Waals surface area (Å²) in [5.74, 6) is -0.314. The number of thiocarbonyl (C=S) groups is 1. The third-order valence-corrected chi connectivity index (χ3v) is 2.84. The number of carbonyl (C=O) groups excluding carboxylic acids is 1. The van der Waals surface area contributed by atoms with Gasteiger partial charge in [0.25, 0.3) is 5.91 Å². The molecule has 2 rings (SSSR count). The minimum atomic E-state index is -0.314. The Kier molecular flexibility index (Phi) is 4.43. The first-order chi connectivity index (χ1) is 8.77. The van der Waals surface area contributed by atoms with Crippen LogP contribution in [0.2, 0.25) is 0 Å². The van der Waals surface area contributed by atoms with Crippen LogP contribution < -0.4 is 10.9 Å². The van der Waals surface area contributed by atoms with Crippen LogP contribution >= 0.6 is 12.2 Å². The number of hydrogen-bond acceptors (Lipinski definition) is 4. The predicted molar refractivity (Wildman–Crippen MR) is 69.8 cm³/mol. The molecule has 0 aliphatic carbocycles. The number of hydrogen-bond donors (Lipinski definition) is 2. The number of carbonyl (C=O) groups is 1. The van der Waals surface area contributed by atoms with Crippen molar-refractivity contribution in [1.29, 1.82) is 0 Å². The van der Waals surface area contributed by atoms with Crippen molar-refractivity contribution in [2.24, 2.45) is 0 Å². The lowest BCUT2D eigenvalue weighted by molar-refractivity contribution is 0.0670. The second-order valence-electron chi connectivity index (χ2n) is 3.70. The highest BCUT2D eigenvalue weighted by Gasteiger charge is 2.14. The summed E-state index contributed by atoms with van der Waals surface area (Å²) < 4.78 is 5.22. The Balaban J connectivity index is 1.80. The molecule has 0 saturated carbocycles. The highest BCUT2D eigenvalue weighted by Crippen LogP contribution is 1.97. The Labute approximate surface area is 110 Å². The highest BCUT2D eigenvalue weighted by molar-refractivity contribution is 7.80. The van der Waals surface area contributed by atoms with Crippen LogP contribution in [0.3, 0.4) is 0 Å². The van der Waals surface area contributed by atoms with Crippen molar-refractivity contribution in [2.75, 3.05) is 26.3 Å². The third-order valence-electron chi connectivity index (χ3n) is 2.48. The van der Waals surface area contributed by atoms with Crippen LogP contribution in [-0.4, -0.2) is 47.2 Å². The first-order valence-electron chi connectivity index (χ1n) is 5.61. The summed E-state index contributed by atoms with van der Waals surface area (Å²) in [5, 5.41) is 0.489. The molecule has 18 heavy (non-hydrogen) atoms. The third kappa shape index (κ3) is 3.38. The Hall–Kier alpha value is -1.73. The SMILES string of the molecule is O=C(NNC(=S)N1CCOCC1)c1ccccn1. The van der Waals surface area contributed by atoms with E-state index in [2.05, 4.69) is 15.8 Å². The van der Waals surface area contributed by atoms with Crippen LogP contribution in [0.5, 0.6) is 0 Å². The van der Waals surface area contributed by atoms with E-state index in [-0.39, 0.29) is 5.91 Å². The van der Waals surface area contributed by atoms with Crippen LogP contribution in [0.1, 0.15) is 10.5 Å². The molecule has 1 aromatic heterocycles. The van der Waals surface area contributed by atoms with Gasteiger partial charge >= 0.3 is 0 Å². The summed E-state index contributed by atoms with van der Waals surface area (Å²) in [6.45, 7) is 2.75. The summed E-state index contributed by atoms with van der Waals surface area (Å²) in [6.07, 6.45) is 1.56.